The van der Waals surface area contributed by atoms with E-state index in [0.29, 0.717) is 27.6 Å². The van der Waals surface area contributed by atoms with Crippen molar-refractivity contribution < 1.29 is 29.3 Å². The van der Waals surface area contributed by atoms with E-state index in [-0.39, 0.29) is 39.5 Å². The highest BCUT2D eigenvalue weighted by Crippen LogP contribution is 2.43. The van der Waals surface area contributed by atoms with E-state index in [1.807, 2.05) is 0 Å². The van der Waals surface area contributed by atoms with E-state index in [9.17, 15) is 29.4 Å². The number of aromatic nitrogens is 1. The minimum Gasteiger partial charge on any atom is -0.478 e. The number of carbonyl (C=O) groups excluding carboxylic acids is 1. The predicted octanol–water partition coefficient (Wildman–Crippen LogP) is 3.94. The number of pyridine rings is 1. The second-order valence-corrected chi connectivity index (χ2v) is 7.62. The van der Waals surface area contributed by atoms with Crippen molar-refractivity contribution in [2.75, 3.05) is 0 Å². The third kappa shape index (κ3) is 3.08. The molecule has 1 aliphatic rings. The summed E-state index contributed by atoms with van der Waals surface area (Å²) in [5, 5.41) is 19.2. The molecule has 5 rings (SSSR count). The van der Waals surface area contributed by atoms with Crippen molar-refractivity contribution in [3.05, 3.63) is 93.3 Å². The number of carboxylic acids is 2. The molecule has 0 bridgehead atoms. The molecule has 0 atom stereocenters. The zero-order valence-corrected chi connectivity index (χ0v) is 17.2. The number of ketones is 1. The third-order valence-corrected chi connectivity index (χ3v) is 5.69. The van der Waals surface area contributed by atoms with Crippen LogP contribution in [-0.4, -0.2) is 32.5 Å². The minimum absolute atomic E-state index is 0.0408. The third-order valence-electron chi connectivity index (χ3n) is 5.69. The maximum atomic E-state index is 13.5. The summed E-state index contributed by atoms with van der Waals surface area (Å²) in [5.41, 5.74) is 1.62. The Kier molecular flexibility index (Phi) is 4.39. The molecule has 4 aromatic rings. The zero-order chi connectivity index (χ0) is 23.4. The summed E-state index contributed by atoms with van der Waals surface area (Å²) in [7, 11) is 1.60. The number of hydrogen-bond acceptors (Lipinski definition) is 5. The summed E-state index contributed by atoms with van der Waals surface area (Å²) in [6.45, 7) is 0. The molecule has 2 N–H and O–H groups in total. The number of aromatic carboxylic acids is 2. The van der Waals surface area contributed by atoms with Crippen LogP contribution in [0, 0.1) is 0 Å². The SMILES string of the molecule is Cn1c(=O)cc2c3c(c(Oc4cc(C(=O)O)cc(C(=O)O)c4)ccc31)C(=O)c1ccccc1-2. The summed E-state index contributed by atoms with van der Waals surface area (Å²) in [6, 6.07) is 15.0. The molecule has 0 unspecified atom stereocenters. The van der Waals surface area contributed by atoms with E-state index in [1.165, 1.54) is 28.8 Å². The molecule has 3 aromatic carbocycles. The number of aryl methyl sites for hydroxylation is 1. The highest BCUT2D eigenvalue weighted by molar-refractivity contribution is 6.26. The first-order chi connectivity index (χ1) is 15.8. The molecule has 8 nitrogen and oxygen atoms in total. The van der Waals surface area contributed by atoms with Crippen LogP contribution in [0.3, 0.4) is 0 Å². The summed E-state index contributed by atoms with van der Waals surface area (Å²) in [6.07, 6.45) is 0. The van der Waals surface area contributed by atoms with Gasteiger partial charge in [0.2, 0.25) is 0 Å². The molecule has 162 valence electrons. The van der Waals surface area contributed by atoms with Gasteiger partial charge in [-0.15, -0.1) is 0 Å². The van der Waals surface area contributed by atoms with Crippen molar-refractivity contribution in [2.45, 2.75) is 0 Å². The fourth-order valence-corrected chi connectivity index (χ4v) is 4.14. The topological polar surface area (TPSA) is 123 Å². The summed E-state index contributed by atoms with van der Waals surface area (Å²) >= 11 is 0. The molecule has 0 fully saturated rings. The van der Waals surface area contributed by atoms with Crippen molar-refractivity contribution in [2.24, 2.45) is 7.05 Å². The van der Waals surface area contributed by atoms with Crippen LogP contribution < -0.4 is 10.3 Å². The van der Waals surface area contributed by atoms with E-state index >= 15 is 0 Å². The standard InChI is InChI=1S/C25H15NO7/c1-26-18-6-7-19(33-14-9-12(24(29)30)8-13(10-14)25(31)32)22-21(18)17(11-20(26)27)15-4-2-3-5-16(15)23(22)28/h2-11H,1H3,(H,29,30)(H,31,32). The van der Waals surface area contributed by atoms with Gasteiger partial charge in [0.05, 0.1) is 22.2 Å². The van der Waals surface area contributed by atoms with Crippen LogP contribution in [0.5, 0.6) is 11.5 Å². The van der Waals surface area contributed by atoms with Gasteiger partial charge in [-0.05, 0) is 41.5 Å². The number of fused-ring (bicyclic) bond motifs is 2. The molecule has 0 spiro atoms. The maximum absolute atomic E-state index is 13.5. The lowest BCUT2D eigenvalue weighted by Gasteiger charge is -2.23. The highest BCUT2D eigenvalue weighted by Gasteiger charge is 2.30. The van der Waals surface area contributed by atoms with Crippen molar-refractivity contribution in [1.82, 2.24) is 4.57 Å². The molecular weight excluding hydrogens is 426 g/mol. The fraction of sp³-hybridized carbons (Fsp3) is 0.0400. The summed E-state index contributed by atoms with van der Waals surface area (Å²) in [5.74, 6) is -2.86. The highest BCUT2D eigenvalue weighted by atomic mass is 16.5. The quantitative estimate of drug-likeness (QED) is 0.433. The van der Waals surface area contributed by atoms with Crippen molar-refractivity contribution >= 4 is 28.6 Å². The van der Waals surface area contributed by atoms with Gasteiger partial charge in [0.1, 0.15) is 11.5 Å². The van der Waals surface area contributed by atoms with E-state index in [0.717, 1.165) is 6.07 Å². The van der Waals surface area contributed by atoms with Crippen LogP contribution >= 0.6 is 0 Å². The number of nitrogens with zero attached hydrogens (tertiary/aromatic N) is 1. The molecule has 0 saturated carbocycles. The number of ether oxygens (including phenoxy) is 1. The summed E-state index contributed by atoms with van der Waals surface area (Å²) < 4.78 is 7.33. The number of carboxylic acid groups (broad SMARTS) is 2. The molecule has 33 heavy (non-hydrogen) atoms. The predicted molar refractivity (Wildman–Crippen MR) is 118 cm³/mol. The second kappa shape index (κ2) is 7.16. The van der Waals surface area contributed by atoms with Crippen LogP contribution in [-0.2, 0) is 7.05 Å². The molecule has 8 heteroatoms. The van der Waals surface area contributed by atoms with Gasteiger partial charge in [0, 0.05) is 24.1 Å². The van der Waals surface area contributed by atoms with Gasteiger partial charge in [-0.2, -0.15) is 0 Å². The van der Waals surface area contributed by atoms with Gasteiger partial charge in [-0.1, -0.05) is 24.3 Å². The minimum atomic E-state index is -1.31. The Morgan fingerprint density at radius 1 is 0.818 bits per heavy atom. The largest absolute Gasteiger partial charge is 0.478 e. The first-order valence-electron chi connectivity index (χ1n) is 9.86. The molecule has 1 heterocycles. The Labute approximate surface area is 185 Å². The normalized spacial score (nSPS) is 11.8. The van der Waals surface area contributed by atoms with E-state index in [2.05, 4.69) is 0 Å². The van der Waals surface area contributed by atoms with Crippen molar-refractivity contribution in [3.8, 4) is 22.6 Å². The maximum Gasteiger partial charge on any atom is 0.335 e. The molecule has 1 aliphatic carbocycles. The second-order valence-electron chi connectivity index (χ2n) is 7.62. The average Bonchev–Trinajstić information content (AvgIpc) is 2.80. The molecular formula is C25H15NO7. The average molecular weight is 441 g/mol. The van der Waals surface area contributed by atoms with Crippen LogP contribution in [0.1, 0.15) is 36.6 Å². The zero-order valence-electron chi connectivity index (χ0n) is 17.2. The van der Waals surface area contributed by atoms with Crippen molar-refractivity contribution in [1.29, 1.82) is 0 Å². The number of rotatable bonds is 4. The molecule has 0 aliphatic heterocycles. The Morgan fingerprint density at radius 3 is 2.09 bits per heavy atom. The Hall–Kier alpha value is -4.72. The van der Waals surface area contributed by atoms with Crippen LogP contribution in [0.25, 0.3) is 22.0 Å². The van der Waals surface area contributed by atoms with Crippen LogP contribution in [0.4, 0.5) is 0 Å². The first kappa shape index (κ1) is 20.2. The first-order valence-corrected chi connectivity index (χ1v) is 9.86. The van der Waals surface area contributed by atoms with Gasteiger partial charge in [-0.25, -0.2) is 9.59 Å². The molecule has 1 aromatic heterocycles. The lowest BCUT2D eigenvalue weighted by molar-refractivity contribution is 0.0696. The molecule has 0 saturated heterocycles. The van der Waals surface area contributed by atoms with Gasteiger partial charge in [0.15, 0.2) is 5.78 Å². The fourth-order valence-electron chi connectivity index (χ4n) is 4.14. The van der Waals surface area contributed by atoms with Gasteiger partial charge in [0.25, 0.3) is 5.56 Å². The van der Waals surface area contributed by atoms with E-state index in [1.54, 1.807) is 37.4 Å². The van der Waals surface area contributed by atoms with E-state index in [4.69, 9.17) is 4.74 Å². The monoisotopic (exact) mass is 441 g/mol. The van der Waals surface area contributed by atoms with Crippen molar-refractivity contribution in [3.63, 3.8) is 0 Å². The van der Waals surface area contributed by atoms with Gasteiger partial charge < -0.3 is 19.5 Å². The molecule has 0 amide bonds. The van der Waals surface area contributed by atoms with Gasteiger partial charge >= 0.3 is 11.9 Å². The number of carbonyl (C=O) groups is 3. The number of benzene rings is 3. The Morgan fingerprint density at radius 2 is 1.45 bits per heavy atom. The number of hydrogen-bond donors (Lipinski definition) is 2. The van der Waals surface area contributed by atoms with E-state index < -0.39 is 11.9 Å². The smallest absolute Gasteiger partial charge is 0.335 e. The molecule has 0 radical (unpaired) electrons. The lowest BCUT2D eigenvalue weighted by atomic mass is 9.83. The summed E-state index contributed by atoms with van der Waals surface area (Å²) in [4.78, 5) is 49.0. The lowest BCUT2D eigenvalue weighted by Crippen LogP contribution is -2.20. The van der Waals surface area contributed by atoms with Crippen LogP contribution in [0.15, 0.2) is 65.5 Å². The Bertz CT molecular complexity index is 1560. The Balaban J connectivity index is 1.79. The van der Waals surface area contributed by atoms with Gasteiger partial charge in [-0.3, -0.25) is 9.59 Å². The van der Waals surface area contributed by atoms with Crippen LogP contribution in [0.2, 0.25) is 0 Å².